The standard InChI is InChI=1S/C13H20O2/c1-9-8-11(10(2)15-9)12(14)6-7-13(3,4)5/h8H,6-7H2,1-5H3. The predicted octanol–water partition coefficient (Wildman–Crippen LogP) is 3.91. The molecule has 0 radical (unpaired) electrons. The van der Waals surface area contributed by atoms with Gasteiger partial charge in [-0.05, 0) is 31.7 Å². The molecule has 0 aliphatic carbocycles. The fraction of sp³-hybridized carbons (Fsp3) is 0.615. The fourth-order valence-electron chi connectivity index (χ4n) is 1.53. The number of ketones is 1. The summed E-state index contributed by atoms with van der Waals surface area (Å²) in [6, 6.07) is 1.83. The van der Waals surface area contributed by atoms with E-state index < -0.39 is 0 Å². The van der Waals surface area contributed by atoms with Crippen LogP contribution in [0.15, 0.2) is 10.5 Å². The van der Waals surface area contributed by atoms with Crippen molar-refractivity contribution in [3.8, 4) is 0 Å². The predicted molar refractivity (Wildman–Crippen MR) is 61.2 cm³/mol. The number of furan rings is 1. The van der Waals surface area contributed by atoms with Gasteiger partial charge < -0.3 is 4.42 Å². The van der Waals surface area contributed by atoms with Gasteiger partial charge in [-0.3, -0.25) is 4.79 Å². The molecule has 1 rings (SSSR count). The van der Waals surface area contributed by atoms with E-state index in [0.29, 0.717) is 6.42 Å². The van der Waals surface area contributed by atoms with Crippen molar-refractivity contribution in [2.45, 2.75) is 47.5 Å². The van der Waals surface area contributed by atoms with Gasteiger partial charge in [-0.1, -0.05) is 20.8 Å². The van der Waals surface area contributed by atoms with Gasteiger partial charge in [0.15, 0.2) is 5.78 Å². The van der Waals surface area contributed by atoms with Crippen LogP contribution in [0.5, 0.6) is 0 Å². The van der Waals surface area contributed by atoms with Gasteiger partial charge in [0.05, 0.1) is 5.56 Å². The van der Waals surface area contributed by atoms with E-state index in [1.807, 2.05) is 19.9 Å². The quantitative estimate of drug-likeness (QED) is 0.705. The van der Waals surface area contributed by atoms with E-state index in [4.69, 9.17) is 4.42 Å². The Morgan fingerprint density at radius 3 is 2.33 bits per heavy atom. The molecule has 0 N–H and O–H groups in total. The van der Waals surface area contributed by atoms with E-state index in [9.17, 15) is 4.79 Å². The minimum absolute atomic E-state index is 0.194. The molecule has 0 saturated carbocycles. The number of carbonyl (C=O) groups excluding carboxylic acids is 1. The summed E-state index contributed by atoms with van der Waals surface area (Å²) in [5.41, 5.74) is 0.958. The molecule has 1 aromatic heterocycles. The normalized spacial score (nSPS) is 11.8. The maximum Gasteiger partial charge on any atom is 0.166 e. The van der Waals surface area contributed by atoms with E-state index in [1.165, 1.54) is 0 Å². The van der Waals surface area contributed by atoms with Crippen molar-refractivity contribution in [2.24, 2.45) is 5.41 Å². The van der Waals surface area contributed by atoms with Crippen molar-refractivity contribution in [1.29, 1.82) is 0 Å². The molecule has 0 saturated heterocycles. The van der Waals surface area contributed by atoms with Crippen LogP contribution in [0.4, 0.5) is 0 Å². The Kier molecular flexibility index (Phi) is 3.38. The van der Waals surface area contributed by atoms with Crippen molar-refractivity contribution in [1.82, 2.24) is 0 Å². The second-order valence-corrected chi connectivity index (χ2v) is 5.31. The molecule has 0 aromatic carbocycles. The van der Waals surface area contributed by atoms with Crippen molar-refractivity contribution in [3.63, 3.8) is 0 Å². The summed E-state index contributed by atoms with van der Waals surface area (Å²) in [7, 11) is 0. The Morgan fingerprint density at radius 2 is 1.93 bits per heavy atom. The fourth-order valence-corrected chi connectivity index (χ4v) is 1.53. The van der Waals surface area contributed by atoms with E-state index in [1.54, 1.807) is 0 Å². The summed E-state index contributed by atoms with van der Waals surface area (Å²) in [5.74, 6) is 1.75. The lowest BCUT2D eigenvalue weighted by atomic mass is 9.88. The number of hydrogen-bond donors (Lipinski definition) is 0. The maximum atomic E-state index is 11.9. The highest BCUT2D eigenvalue weighted by Crippen LogP contribution is 2.23. The highest BCUT2D eigenvalue weighted by atomic mass is 16.3. The zero-order valence-electron chi connectivity index (χ0n) is 10.3. The smallest absolute Gasteiger partial charge is 0.166 e. The topological polar surface area (TPSA) is 30.2 Å². The molecule has 15 heavy (non-hydrogen) atoms. The number of rotatable bonds is 3. The lowest BCUT2D eigenvalue weighted by molar-refractivity contribution is 0.0964. The number of carbonyl (C=O) groups is 1. The molecular formula is C13H20O2. The molecule has 0 unspecified atom stereocenters. The SMILES string of the molecule is Cc1cc(C(=O)CCC(C)(C)C)c(C)o1. The Balaban J connectivity index is 2.66. The van der Waals surface area contributed by atoms with Gasteiger partial charge in [0.25, 0.3) is 0 Å². The Bertz CT molecular complexity index is 353. The third-order valence-corrected chi connectivity index (χ3v) is 2.44. The monoisotopic (exact) mass is 208 g/mol. The second-order valence-electron chi connectivity index (χ2n) is 5.31. The number of hydrogen-bond acceptors (Lipinski definition) is 2. The van der Waals surface area contributed by atoms with Crippen LogP contribution in [0.25, 0.3) is 0 Å². The summed E-state index contributed by atoms with van der Waals surface area (Å²) in [6.45, 7) is 10.2. The van der Waals surface area contributed by atoms with Crippen LogP contribution in [-0.2, 0) is 0 Å². The third-order valence-electron chi connectivity index (χ3n) is 2.44. The average molecular weight is 208 g/mol. The van der Waals surface area contributed by atoms with Gasteiger partial charge in [-0.2, -0.15) is 0 Å². The zero-order chi connectivity index (χ0) is 11.6. The first-order chi connectivity index (χ1) is 6.79. The van der Waals surface area contributed by atoms with Crippen molar-refractivity contribution in [2.75, 3.05) is 0 Å². The summed E-state index contributed by atoms with van der Waals surface area (Å²) in [4.78, 5) is 11.9. The molecule has 1 heterocycles. The van der Waals surface area contributed by atoms with Crippen LogP contribution in [-0.4, -0.2) is 5.78 Å². The average Bonchev–Trinajstić information content (AvgIpc) is 2.40. The molecular weight excluding hydrogens is 188 g/mol. The van der Waals surface area contributed by atoms with Crippen LogP contribution in [0.1, 0.15) is 55.5 Å². The molecule has 0 aliphatic heterocycles. The van der Waals surface area contributed by atoms with Crippen molar-refractivity contribution in [3.05, 3.63) is 23.2 Å². The number of Topliss-reactive ketones (excluding diaryl/α,β-unsaturated/α-hetero) is 1. The Labute approximate surface area is 91.7 Å². The molecule has 0 spiro atoms. The minimum Gasteiger partial charge on any atom is -0.466 e. The summed E-state index contributed by atoms with van der Waals surface area (Å²) < 4.78 is 5.35. The molecule has 0 aliphatic rings. The van der Waals surface area contributed by atoms with E-state index in [0.717, 1.165) is 23.5 Å². The third kappa shape index (κ3) is 3.54. The van der Waals surface area contributed by atoms with Crippen LogP contribution in [0.3, 0.4) is 0 Å². The summed E-state index contributed by atoms with van der Waals surface area (Å²) >= 11 is 0. The van der Waals surface area contributed by atoms with Crippen LogP contribution < -0.4 is 0 Å². The molecule has 2 heteroatoms. The molecule has 2 nitrogen and oxygen atoms in total. The lowest BCUT2D eigenvalue weighted by Gasteiger charge is -2.16. The first-order valence-electron chi connectivity index (χ1n) is 5.40. The zero-order valence-corrected chi connectivity index (χ0v) is 10.3. The van der Waals surface area contributed by atoms with Crippen molar-refractivity contribution < 1.29 is 9.21 Å². The lowest BCUT2D eigenvalue weighted by Crippen LogP contribution is -2.09. The summed E-state index contributed by atoms with van der Waals surface area (Å²) in [5, 5.41) is 0. The molecule has 1 aromatic rings. The molecule has 0 fully saturated rings. The van der Waals surface area contributed by atoms with E-state index in [2.05, 4.69) is 20.8 Å². The summed E-state index contributed by atoms with van der Waals surface area (Å²) in [6.07, 6.45) is 1.51. The Hall–Kier alpha value is -1.05. The van der Waals surface area contributed by atoms with Gasteiger partial charge in [-0.15, -0.1) is 0 Å². The first kappa shape index (κ1) is 12.0. The maximum absolute atomic E-state index is 11.9. The van der Waals surface area contributed by atoms with Crippen LogP contribution in [0.2, 0.25) is 0 Å². The van der Waals surface area contributed by atoms with E-state index >= 15 is 0 Å². The number of aryl methyl sites for hydroxylation is 2. The minimum atomic E-state index is 0.194. The second kappa shape index (κ2) is 4.21. The van der Waals surface area contributed by atoms with Gasteiger partial charge in [0.1, 0.15) is 11.5 Å². The molecule has 84 valence electrons. The molecule has 0 bridgehead atoms. The van der Waals surface area contributed by atoms with Gasteiger partial charge in [-0.25, -0.2) is 0 Å². The van der Waals surface area contributed by atoms with Crippen LogP contribution >= 0.6 is 0 Å². The van der Waals surface area contributed by atoms with Gasteiger partial charge in [0.2, 0.25) is 0 Å². The van der Waals surface area contributed by atoms with E-state index in [-0.39, 0.29) is 11.2 Å². The van der Waals surface area contributed by atoms with Crippen LogP contribution in [0, 0.1) is 19.3 Å². The molecule has 0 atom stereocenters. The highest BCUT2D eigenvalue weighted by Gasteiger charge is 2.17. The van der Waals surface area contributed by atoms with Gasteiger partial charge >= 0.3 is 0 Å². The highest BCUT2D eigenvalue weighted by molar-refractivity contribution is 5.97. The largest absolute Gasteiger partial charge is 0.466 e. The van der Waals surface area contributed by atoms with Gasteiger partial charge in [0, 0.05) is 6.42 Å². The Morgan fingerprint density at radius 1 is 1.33 bits per heavy atom. The molecule has 0 amide bonds. The first-order valence-corrected chi connectivity index (χ1v) is 5.40. The van der Waals surface area contributed by atoms with Crippen molar-refractivity contribution >= 4 is 5.78 Å².